The predicted molar refractivity (Wildman–Crippen MR) is 77.0 cm³/mol. The van der Waals surface area contributed by atoms with E-state index in [-0.39, 0.29) is 11.3 Å². The lowest BCUT2D eigenvalue weighted by atomic mass is 9.97. The Labute approximate surface area is 132 Å². The van der Waals surface area contributed by atoms with E-state index in [1.807, 2.05) is 0 Å². The molecule has 2 saturated carbocycles. The Kier molecular flexibility index (Phi) is 4.69. The van der Waals surface area contributed by atoms with Crippen molar-refractivity contribution in [2.24, 2.45) is 11.8 Å². The smallest absolute Gasteiger partial charge is 0.489 e. The van der Waals surface area contributed by atoms with Crippen molar-refractivity contribution in [1.82, 2.24) is 0 Å². The molecule has 3 rings (SSSR count). The fourth-order valence-electron chi connectivity index (χ4n) is 3.08. The zero-order valence-electron chi connectivity index (χ0n) is 12.8. The predicted octanol–water partition coefficient (Wildman–Crippen LogP) is 5.25. The first-order chi connectivity index (χ1) is 10.9. The molecular formula is C17H20F4O2. The SMILES string of the molecule is Fc1c(CC2CCCC2)ccc(OCC2CC2)c1OC(F)(F)F. The third-order valence-electron chi connectivity index (χ3n) is 4.51. The van der Waals surface area contributed by atoms with Crippen LogP contribution >= 0.6 is 0 Å². The van der Waals surface area contributed by atoms with Crippen molar-refractivity contribution >= 4 is 0 Å². The van der Waals surface area contributed by atoms with E-state index < -0.39 is 17.9 Å². The van der Waals surface area contributed by atoms with E-state index in [0.29, 0.717) is 24.9 Å². The number of rotatable bonds is 6. The molecular weight excluding hydrogens is 312 g/mol. The van der Waals surface area contributed by atoms with Crippen LogP contribution in [0.15, 0.2) is 12.1 Å². The van der Waals surface area contributed by atoms with Gasteiger partial charge in [0.1, 0.15) is 0 Å². The molecule has 2 nitrogen and oxygen atoms in total. The van der Waals surface area contributed by atoms with Crippen LogP contribution in [0.25, 0.3) is 0 Å². The van der Waals surface area contributed by atoms with Gasteiger partial charge in [0.15, 0.2) is 11.6 Å². The maximum Gasteiger partial charge on any atom is 0.573 e. The van der Waals surface area contributed by atoms with Crippen LogP contribution in [0.2, 0.25) is 0 Å². The first kappa shape index (κ1) is 16.4. The Morgan fingerprint density at radius 2 is 1.70 bits per heavy atom. The Bertz CT molecular complexity index is 546. The van der Waals surface area contributed by atoms with Crippen molar-refractivity contribution in [1.29, 1.82) is 0 Å². The largest absolute Gasteiger partial charge is 0.573 e. The molecule has 0 amide bonds. The molecule has 0 bridgehead atoms. The minimum absolute atomic E-state index is 0.165. The third-order valence-corrected chi connectivity index (χ3v) is 4.51. The van der Waals surface area contributed by atoms with Gasteiger partial charge in [-0.25, -0.2) is 4.39 Å². The van der Waals surface area contributed by atoms with Gasteiger partial charge in [-0.3, -0.25) is 0 Å². The van der Waals surface area contributed by atoms with Gasteiger partial charge in [0.25, 0.3) is 0 Å². The van der Waals surface area contributed by atoms with Gasteiger partial charge in [0.2, 0.25) is 5.75 Å². The minimum Gasteiger partial charge on any atom is -0.489 e. The molecule has 0 radical (unpaired) electrons. The summed E-state index contributed by atoms with van der Waals surface area (Å²) in [6, 6.07) is 2.93. The van der Waals surface area contributed by atoms with Gasteiger partial charge in [0.05, 0.1) is 6.61 Å². The minimum atomic E-state index is -4.94. The topological polar surface area (TPSA) is 18.5 Å². The van der Waals surface area contributed by atoms with Crippen LogP contribution in [-0.4, -0.2) is 13.0 Å². The average Bonchev–Trinajstić information content (AvgIpc) is 3.16. The number of hydrogen-bond donors (Lipinski definition) is 0. The van der Waals surface area contributed by atoms with Crippen molar-refractivity contribution in [2.75, 3.05) is 6.61 Å². The Balaban J connectivity index is 1.81. The average molecular weight is 332 g/mol. The molecule has 0 heterocycles. The van der Waals surface area contributed by atoms with E-state index in [2.05, 4.69) is 4.74 Å². The van der Waals surface area contributed by atoms with Gasteiger partial charge in [-0.05, 0) is 42.7 Å². The lowest BCUT2D eigenvalue weighted by molar-refractivity contribution is -0.276. The van der Waals surface area contributed by atoms with E-state index in [1.165, 1.54) is 12.1 Å². The Morgan fingerprint density at radius 1 is 1.00 bits per heavy atom. The highest BCUT2D eigenvalue weighted by molar-refractivity contribution is 5.45. The molecule has 0 aliphatic heterocycles. The highest BCUT2D eigenvalue weighted by atomic mass is 19.4. The first-order valence-corrected chi connectivity index (χ1v) is 8.12. The van der Waals surface area contributed by atoms with Gasteiger partial charge in [-0.2, -0.15) is 0 Å². The zero-order chi connectivity index (χ0) is 16.4. The van der Waals surface area contributed by atoms with E-state index in [1.54, 1.807) is 0 Å². The van der Waals surface area contributed by atoms with Crippen LogP contribution in [0.3, 0.4) is 0 Å². The Hall–Kier alpha value is -1.46. The molecule has 1 aromatic carbocycles. The fourth-order valence-corrected chi connectivity index (χ4v) is 3.08. The summed E-state index contributed by atoms with van der Waals surface area (Å²) < 4.78 is 61.6. The second kappa shape index (κ2) is 6.57. The summed E-state index contributed by atoms with van der Waals surface area (Å²) in [4.78, 5) is 0. The molecule has 0 N–H and O–H groups in total. The molecule has 2 aliphatic rings. The summed E-state index contributed by atoms with van der Waals surface area (Å²) in [6.45, 7) is 0.301. The lowest BCUT2D eigenvalue weighted by Gasteiger charge is -2.18. The van der Waals surface area contributed by atoms with Crippen LogP contribution in [-0.2, 0) is 6.42 Å². The quantitative estimate of drug-likeness (QED) is 0.663. The molecule has 128 valence electrons. The van der Waals surface area contributed by atoms with Gasteiger partial charge < -0.3 is 9.47 Å². The summed E-state index contributed by atoms with van der Waals surface area (Å²) in [5.41, 5.74) is 0.273. The Morgan fingerprint density at radius 3 is 2.30 bits per heavy atom. The van der Waals surface area contributed by atoms with Gasteiger partial charge in [-0.1, -0.05) is 31.7 Å². The highest BCUT2D eigenvalue weighted by Gasteiger charge is 2.35. The van der Waals surface area contributed by atoms with E-state index in [9.17, 15) is 17.6 Å². The second-order valence-corrected chi connectivity index (χ2v) is 6.52. The molecule has 23 heavy (non-hydrogen) atoms. The lowest BCUT2D eigenvalue weighted by Crippen LogP contribution is -2.19. The molecule has 2 fully saturated rings. The molecule has 0 spiro atoms. The normalized spacial score (nSPS) is 19.1. The number of hydrogen-bond acceptors (Lipinski definition) is 2. The monoisotopic (exact) mass is 332 g/mol. The van der Waals surface area contributed by atoms with Crippen LogP contribution in [0.1, 0.15) is 44.1 Å². The molecule has 2 aliphatic carbocycles. The number of alkyl halides is 3. The molecule has 0 atom stereocenters. The van der Waals surface area contributed by atoms with Gasteiger partial charge in [-0.15, -0.1) is 13.2 Å². The summed E-state index contributed by atoms with van der Waals surface area (Å²) in [7, 11) is 0. The van der Waals surface area contributed by atoms with Gasteiger partial charge >= 0.3 is 6.36 Å². The standard InChI is InChI=1S/C17H20F4O2/c18-15-13(9-11-3-1-2-4-11)7-8-14(22-10-12-5-6-12)16(15)23-17(19,20)21/h7-8,11-12H,1-6,9-10H2. The third kappa shape index (κ3) is 4.52. The zero-order valence-corrected chi connectivity index (χ0v) is 12.8. The highest BCUT2D eigenvalue weighted by Crippen LogP contribution is 2.39. The van der Waals surface area contributed by atoms with Crippen LogP contribution < -0.4 is 9.47 Å². The van der Waals surface area contributed by atoms with Crippen LogP contribution in [0, 0.1) is 17.7 Å². The maximum atomic E-state index is 14.6. The van der Waals surface area contributed by atoms with E-state index in [0.717, 1.165) is 38.5 Å². The number of halogens is 4. The van der Waals surface area contributed by atoms with Crippen molar-refractivity contribution in [3.8, 4) is 11.5 Å². The molecule has 0 unspecified atom stereocenters. The molecule has 0 saturated heterocycles. The van der Waals surface area contributed by atoms with Gasteiger partial charge in [0, 0.05) is 0 Å². The van der Waals surface area contributed by atoms with Crippen molar-refractivity contribution in [2.45, 2.75) is 51.3 Å². The van der Waals surface area contributed by atoms with Crippen LogP contribution in [0.4, 0.5) is 17.6 Å². The van der Waals surface area contributed by atoms with Crippen molar-refractivity contribution in [3.05, 3.63) is 23.5 Å². The van der Waals surface area contributed by atoms with Crippen molar-refractivity contribution < 1.29 is 27.0 Å². The summed E-state index contributed by atoms with van der Waals surface area (Å²) >= 11 is 0. The summed E-state index contributed by atoms with van der Waals surface area (Å²) in [6.07, 6.45) is 1.69. The number of ether oxygens (including phenoxy) is 2. The number of benzene rings is 1. The summed E-state index contributed by atoms with van der Waals surface area (Å²) in [5, 5.41) is 0. The molecule has 6 heteroatoms. The summed E-state index contributed by atoms with van der Waals surface area (Å²) in [5.74, 6) is -1.24. The first-order valence-electron chi connectivity index (χ1n) is 8.12. The van der Waals surface area contributed by atoms with E-state index >= 15 is 0 Å². The molecule has 1 aromatic rings. The second-order valence-electron chi connectivity index (χ2n) is 6.52. The van der Waals surface area contributed by atoms with Crippen LogP contribution in [0.5, 0.6) is 11.5 Å². The maximum absolute atomic E-state index is 14.6. The van der Waals surface area contributed by atoms with Crippen molar-refractivity contribution in [3.63, 3.8) is 0 Å². The fraction of sp³-hybridized carbons (Fsp3) is 0.647. The van der Waals surface area contributed by atoms with E-state index in [4.69, 9.17) is 4.74 Å². The molecule has 0 aromatic heterocycles.